The van der Waals surface area contributed by atoms with E-state index in [9.17, 15) is 18.0 Å². The van der Waals surface area contributed by atoms with Crippen LogP contribution in [0.25, 0.3) is 0 Å². The number of hydrogen-bond donors (Lipinski definition) is 1. The van der Waals surface area contributed by atoms with E-state index in [2.05, 4.69) is 5.32 Å². The number of carbonyl (C=O) groups is 2. The van der Waals surface area contributed by atoms with Crippen molar-refractivity contribution in [3.8, 4) is 5.75 Å². The fourth-order valence-electron chi connectivity index (χ4n) is 4.01. The van der Waals surface area contributed by atoms with Gasteiger partial charge in [0.1, 0.15) is 18.3 Å². The maximum absolute atomic E-state index is 14.0. The fraction of sp³-hybridized carbons (Fsp3) is 0.259. The highest BCUT2D eigenvalue weighted by Crippen LogP contribution is 2.35. The minimum atomic E-state index is -4.27. The second-order valence-corrected chi connectivity index (χ2v) is 11.6. The summed E-state index contributed by atoms with van der Waals surface area (Å²) in [5, 5.41) is 3.44. The molecule has 2 amide bonds. The van der Waals surface area contributed by atoms with E-state index < -0.39 is 34.4 Å². The first kappa shape index (κ1) is 30.6. The number of halogens is 3. The predicted octanol–water partition coefficient (Wildman–Crippen LogP) is 5.40. The number of rotatable bonds is 11. The number of amides is 2. The molecule has 0 saturated carbocycles. The highest BCUT2D eigenvalue weighted by Gasteiger charge is 2.34. The molecule has 3 aromatic carbocycles. The zero-order valence-electron chi connectivity index (χ0n) is 21.5. The van der Waals surface area contributed by atoms with E-state index in [0.29, 0.717) is 10.6 Å². The monoisotopic (exact) mass is 611 g/mol. The topological polar surface area (TPSA) is 96.0 Å². The van der Waals surface area contributed by atoms with Crippen molar-refractivity contribution in [3.63, 3.8) is 0 Å². The van der Waals surface area contributed by atoms with E-state index in [0.717, 1.165) is 4.31 Å². The average Bonchev–Trinajstić information content (AvgIpc) is 2.93. The van der Waals surface area contributed by atoms with Gasteiger partial charge in [-0.3, -0.25) is 13.9 Å². The van der Waals surface area contributed by atoms with Crippen molar-refractivity contribution < 1.29 is 22.7 Å². The Kier molecular flexibility index (Phi) is 10.5. The molecule has 0 spiro atoms. The second-order valence-electron chi connectivity index (χ2n) is 8.45. The van der Waals surface area contributed by atoms with Gasteiger partial charge in [0.15, 0.2) is 0 Å². The number of likely N-dealkylation sites (N-methyl/N-ethyl adjacent to an activating group) is 1. The Morgan fingerprint density at radius 2 is 1.67 bits per heavy atom. The van der Waals surface area contributed by atoms with Crippen LogP contribution in [0.3, 0.4) is 0 Å². The van der Waals surface area contributed by atoms with Crippen molar-refractivity contribution in [1.29, 1.82) is 0 Å². The molecular formula is C27H28Cl3N3O5S. The largest absolute Gasteiger partial charge is 0.495 e. The van der Waals surface area contributed by atoms with Gasteiger partial charge in [0.05, 0.1) is 27.7 Å². The van der Waals surface area contributed by atoms with E-state index in [1.807, 2.05) is 0 Å². The van der Waals surface area contributed by atoms with Crippen LogP contribution in [0.5, 0.6) is 5.75 Å². The van der Waals surface area contributed by atoms with Gasteiger partial charge >= 0.3 is 0 Å². The summed E-state index contributed by atoms with van der Waals surface area (Å²) in [7, 11) is -1.41. The smallest absolute Gasteiger partial charge is 0.264 e. The third kappa shape index (κ3) is 7.16. The third-order valence-electron chi connectivity index (χ3n) is 5.99. The summed E-state index contributed by atoms with van der Waals surface area (Å²) in [5.41, 5.74) is 0.683. The standard InChI is InChI=1S/C27H28Cl3N3O5S/c1-4-23(27(35)31-2)32(16-18-10-12-21(29)22(30)14-18)26(34)17-33(24-15-19(28)11-13-25(24)38-3)39(36,37)20-8-6-5-7-9-20/h5-15,23H,4,16-17H2,1-3H3,(H,31,35)/t23-/m1/s1. The first-order valence-corrected chi connectivity index (χ1v) is 14.5. The van der Waals surface area contributed by atoms with Crippen LogP contribution in [-0.4, -0.2) is 51.9 Å². The first-order valence-electron chi connectivity index (χ1n) is 11.9. The first-order chi connectivity index (χ1) is 18.5. The number of nitrogens with zero attached hydrogens (tertiary/aromatic N) is 2. The van der Waals surface area contributed by atoms with Crippen molar-refractivity contribution in [1.82, 2.24) is 10.2 Å². The quantitative estimate of drug-likeness (QED) is 0.313. The van der Waals surface area contributed by atoms with Gasteiger partial charge in [0, 0.05) is 18.6 Å². The summed E-state index contributed by atoms with van der Waals surface area (Å²) in [6.07, 6.45) is 0.276. The van der Waals surface area contributed by atoms with E-state index in [1.54, 1.807) is 49.4 Å². The molecule has 0 heterocycles. The number of anilines is 1. The number of sulfonamides is 1. The summed E-state index contributed by atoms with van der Waals surface area (Å²) >= 11 is 18.5. The highest BCUT2D eigenvalue weighted by molar-refractivity contribution is 7.92. The Bertz CT molecular complexity index is 1440. The second kappa shape index (κ2) is 13.4. The lowest BCUT2D eigenvalue weighted by Crippen LogP contribution is -2.51. The predicted molar refractivity (Wildman–Crippen MR) is 154 cm³/mol. The lowest BCUT2D eigenvalue weighted by molar-refractivity contribution is -0.140. The van der Waals surface area contributed by atoms with Crippen LogP contribution in [0.2, 0.25) is 15.1 Å². The maximum atomic E-state index is 14.0. The Morgan fingerprint density at radius 3 is 2.26 bits per heavy atom. The van der Waals surface area contributed by atoms with Gasteiger partial charge in [-0.1, -0.05) is 66.0 Å². The van der Waals surface area contributed by atoms with Crippen molar-refractivity contribution in [2.75, 3.05) is 25.0 Å². The van der Waals surface area contributed by atoms with Gasteiger partial charge in [-0.2, -0.15) is 0 Å². The SMILES string of the molecule is CC[C@H](C(=O)NC)N(Cc1ccc(Cl)c(Cl)c1)C(=O)CN(c1cc(Cl)ccc1OC)S(=O)(=O)c1ccccc1. The van der Waals surface area contributed by atoms with E-state index in [4.69, 9.17) is 39.5 Å². The number of ether oxygens (including phenoxy) is 1. The summed E-state index contributed by atoms with van der Waals surface area (Å²) in [5.74, 6) is -0.831. The minimum absolute atomic E-state index is 0.0203. The number of nitrogens with one attached hydrogen (secondary N) is 1. The Balaban J connectivity index is 2.13. The van der Waals surface area contributed by atoms with Gasteiger partial charge in [-0.05, 0) is 54.4 Å². The number of methoxy groups -OCH3 is 1. The Hall–Kier alpha value is -2.98. The van der Waals surface area contributed by atoms with Crippen LogP contribution in [0.4, 0.5) is 5.69 Å². The molecule has 0 unspecified atom stereocenters. The van der Waals surface area contributed by atoms with Gasteiger partial charge in [0.2, 0.25) is 11.8 Å². The van der Waals surface area contributed by atoms with Gasteiger partial charge in [-0.25, -0.2) is 8.42 Å². The van der Waals surface area contributed by atoms with Gasteiger partial charge in [-0.15, -0.1) is 0 Å². The van der Waals surface area contributed by atoms with Crippen LogP contribution in [0.1, 0.15) is 18.9 Å². The maximum Gasteiger partial charge on any atom is 0.264 e. The Morgan fingerprint density at radius 1 is 0.974 bits per heavy atom. The van der Waals surface area contributed by atoms with Crippen molar-refractivity contribution in [2.45, 2.75) is 30.8 Å². The molecule has 0 bridgehead atoms. The zero-order chi connectivity index (χ0) is 28.7. The molecule has 8 nitrogen and oxygen atoms in total. The number of carbonyl (C=O) groups excluding carboxylic acids is 2. The number of hydrogen-bond acceptors (Lipinski definition) is 5. The van der Waals surface area contributed by atoms with Crippen LogP contribution in [0, 0.1) is 0 Å². The van der Waals surface area contributed by atoms with E-state index >= 15 is 0 Å². The Labute approximate surface area is 243 Å². The number of benzene rings is 3. The van der Waals surface area contributed by atoms with Crippen LogP contribution in [0.15, 0.2) is 71.6 Å². The van der Waals surface area contributed by atoms with Crippen molar-refractivity contribution in [2.24, 2.45) is 0 Å². The molecule has 0 aliphatic carbocycles. The van der Waals surface area contributed by atoms with Crippen LogP contribution in [-0.2, 0) is 26.2 Å². The molecule has 3 rings (SSSR count). The minimum Gasteiger partial charge on any atom is -0.495 e. The molecule has 0 saturated heterocycles. The summed E-state index contributed by atoms with van der Waals surface area (Å²) in [6, 6.07) is 16.2. The molecular weight excluding hydrogens is 585 g/mol. The average molecular weight is 613 g/mol. The van der Waals surface area contributed by atoms with Crippen molar-refractivity contribution in [3.05, 3.63) is 87.4 Å². The van der Waals surface area contributed by atoms with E-state index in [-0.39, 0.29) is 39.3 Å². The molecule has 0 aliphatic rings. The van der Waals surface area contributed by atoms with Crippen LogP contribution < -0.4 is 14.4 Å². The molecule has 1 N–H and O–H groups in total. The van der Waals surface area contributed by atoms with E-state index in [1.165, 1.54) is 43.3 Å². The lowest BCUT2D eigenvalue weighted by Gasteiger charge is -2.33. The molecule has 0 aromatic heterocycles. The third-order valence-corrected chi connectivity index (χ3v) is 8.74. The van der Waals surface area contributed by atoms with Crippen molar-refractivity contribution >= 4 is 62.3 Å². The van der Waals surface area contributed by atoms with Gasteiger partial charge < -0.3 is 15.0 Å². The molecule has 0 radical (unpaired) electrons. The molecule has 12 heteroatoms. The zero-order valence-corrected chi connectivity index (χ0v) is 24.6. The molecule has 208 valence electrons. The van der Waals surface area contributed by atoms with Crippen LogP contribution >= 0.6 is 34.8 Å². The summed E-state index contributed by atoms with van der Waals surface area (Å²) < 4.78 is 34.1. The lowest BCUT2D eigenvalue weighted by atomic mass is 10.1. The molecule has 0 fully saturated rings. The highest BCUT2D eigenvalue weighted by atomic mass is 35.5. The fourth-order valence-corrected chi connectivity index (χ4v) is 5.94. The molecule has 1 atom stereocenters. The normalized spacial score (nSPS) is 11.9. The molecule has 39 heavy (non-hydrogen) atoms. The summed E-state index contributed by atoms with van der Waals surface area (Å²) in [4.78, 5) is 28.1. The summed E-state index contributed by atoms with van der Waals surface area (Å²) in [6.45, 7) is 1.10. The molecule has 0 aliphatic heterocycles. The van der Waals surface area contributed by atoms with Gasteiger partial charge in [0.25, 0.3) is 10.0 Å². The molecule has 3 aromatic rings.